The molecule has 0 saturated carbocycles. The van der Waals surface area contributed by atoms with Gasteiger partial charge in [-0.3, -0.25) is 14.9 Å². The molecule has 2 rings (SSSR count). The second kappa shape index (κ2) is 9.55. The van der Waals surface area contributed by atoms with Crippen molar-refractivity contribution < 1.29 is 14.5 Å². The van der Waals surface area contributed by atoms with E-state index in [2.05, 4.69) is 21.2 Å². The van der Waals surface area contributed by atoms with Crippen molar-refractivity contribution in [1.82, 2.24) is 0 Å². The molecule has 0 aliphatic rings. The summed E-state index contributed by atoms with van der Waals surface area (Å²) in [5.74, 6) is -0.278. The highest BCUT2D eigenvalue weighted by Crippen LogP contribution is 2.35. The molecule has 10 heteroatoms. The summed E-state index contributed by atoms with van der Waals surface area (Å²) in [5, 5.41) is 22.4. The van der Waals surface area contributed by atoms with Gasteiger partial charge in [0, 0.05) is 22.2 Å². The zero-order valence-electron chi connectivity index (χ0n) is 14.3. The van der Waals surface area contributed by atoms with Gasteiger partial charge >= 0.3 is 0 Å². The number of hydrogen-bond acceptors (Lipinski definition) is 5. The summed E-state index contributed by atoms with van der Waals surface area (Å²) in [6.45, 7) is 2.22. The van der Waals surface area contributed by atoms with Crippen LogP contribution < -0.4 is 10.1 Å². The van der Waals surface area contributed by atoms with Gasteiger partial charge in [-0.2, -0.15) is 5.26 Å². The Morgan fingerprint density at radius 1 is 1.36 bits per heavy atom. The minimum absolute atomic E-state index is 0.0284. The van der Waals surface area contributed by atoms with E-state index >= 15 is 0 Å². The number of carbonyl (C=O) groups excluding carboxylic acids is 1. The molecule has 0 aliphatic carbocycles. The maximum absolute atomic E-state index is 12.5. The molecular weight excluding hydrogens is 473 g/mol. The number of nitriles is 1. The Morgan fingerprint density at radius 2 is 2.00 bits per heavy atom. The normalized spacial score (nSPS) is 10.9. The second-order valence-corrected chi connectivity index (χ2v) is 7.01. The van der Waals surface area contributed by atoms with Gasteiger partial charge in [-0.15, -0.1) is 0 Å². The van der Waals surface area contributed by atoms with E-state index in [0.717, 1.165) is 16.6 Å². The van der Waals surface area contributed by atoms with Crippen LogP contribution >= 0.6 is 39.1 Å². The predicted molar refractivity (Wildman–Crippen MR) is 111 cm³/mol. The molecule has 0 saturated heterocycles. The Kier molecular flexibility index (Phi) is 7.40. The maximum atomic E-state index is 12.5. The largest absolute Gasteiger partial charge is 0.493 e. The summed E-state index contributed by atoms with van der Waals surface area (Å²) in [4.78, 5) is 22.7. The Morgan fingerprint density at radius 3 is 2.54 bits per heavy atom. The Balaban J connectivity index is 2.38. The van der Waals surface area contributed by atoms with Gasteiger partial charge in [0.05, 0.1) is 27.3 Å². The molecule has 2 aromatic carbocycles. The lowest BCUT2D eigenvalue weighted by Crippen LogP contribution is -2.14. The van der Waals surface area contributed by atoms with Crippen LogP contribution in [0.2, 0.25) is 10.0 Å². The molecule has 1 amide bonds. The number of rotatable bonds is 6. The molecule has 0 spiro atoms. The fourth-order valence-corrected chi connectivity index (χ4v) is 3.14. The average molecular weight is 485 g/mol. The molecule has 7 nitrogen and oxygen atoms in total. The fraction of sp³-hybridized carbons (Fsp3) is 0.111. The minimum atomic E-state index is -0.775. The quantitative estimate of drug-likeness (QED) is 0.248. The third-order valence-electron chi connectivity index (χ3n) is 3.41. The second-order valence-electron chi connectivity index (χ2n) is 5.28. The van der Waals surface area contributed by atoms with E-state index in [9.17, 15) is 20.2 Å². The molecule has 1 N–H and O–H groups in total. The number of ether oxygens (including phenoxy) is 1. The predicted octanol–water partition coefficient (Wildman–Crippen LogP) is 5.61. The van der Waals surface area contributed by atoms with Gasteiger partial charge < -0.3 is 10.1 Å². The number of benzene rings is 2. The van der Waals surface area contributed by atoms with Crippen LogP contribution in [0.15, 0.2) is 40.4 Å². The van der Waals surface area contributed by atoms with Crippen LogP contribution in [0.3, 0.4) is 0 Å². The number of non-ortho nitro benzene ring substituents is 1. The van der Waals surface area contributed by atoms with Crippen LogP contribution in [0.1, 0.15) is 12.5 Å². The lowest BCUT2D eigenvalue weighted by Gasteiger charge is -2.10. The number of nitrogens with one attached hydrogen (secondary N) is 1. The van der Waals surface area contributed by atoms with Crippen molar-refractivity contribution in [3.63, 3.8) is 0 Å². The van der Waals surface area contributed by atoms with Gasteiger partial charge in [0.2, 0.25) is 0 Å². The van der Waals surface area contributed by atoms with Gasteiger partial charge in [-0.25, -0.2) is 0 Å². The minimum Gasteiger partial charge on any atom is -0.493 e. The zero-order chi connectivity index (χ0) is 20.8. The van der Waals surface area contributed by atoms with E-state index < -0.39 is 10.8 Å². The molecule has 0 radical (unpaired) electrons. The van der Waals surface area contributed by atoms with Gasteiger partial charge in [0.1, 0.15) is 17.4 Å². The molecule has 0 aliphatic heterocycles. The van der Waals surface area contributed by atoms with Crippen molar-refractivity contribution in [3.8, 4) is 11.8 Å². The maximum Gasteiger partial charge on any atom is 0.272 e. The van der Waals surface area contributed by atoms with Gasteiger partial charge in [0.15, 0.2) is 0 Å². The van der Waals surface area contributed by atoms with Crippen molar-refractivity contribution >= 4 is 62.5 Å². The van der Waals surface area contributed by atoms with Crippen molar-refractivity contribution in [1.29, 1.82) is 5.26 Å². The van der Waals surface area contributed by atoms with E-state index in [4.69, 9.17) is 27.9 Å². The number of nitro benzene ring substituents is 1. The molecule has 0 fully saturated rings. The molecule has 0 bridgehead atoms. The monoisotopic (exact) mass is 483 g/mol. The molecule has 0 unspecified atom stereocenters. The zero-order valence-corrected chi connectivity index (χ0v) is 17.4. The van der Waals surface area contributed by atoms with E-state index in [1.54, 1.807) is 18.2 Å². The molecule has 144 valence electrons. The number of nitro groups is 1. The Labute approximate surface area is 178 Å². The first-order chi connectivity index (χ1) is 13.3. The van der Waals surface area contributed by atoms with Crippen molar-refractivity contribution in [3.05, 3.63) is 66.1 Å². The number of carbonyl (C=O) groups is 1. The van der Waals surface area contributed by atoms with E-state index in [1.165, 1.54) is 6.08 Å². The van der Waals surface area contributed by atoms with Crippen LogP contribution in [-0.4, -0.2) is 17.4 Å². The first-order valence-electron chi connectivity index (χ1n) is 7.75. The van der Waals surface area contributed by atoms with Crippen LogP contribution in [0.4, 0.5) is 11.4 Å². The van der Waals surface area contributed by atoms with Gasteiger partial charge in [0.25, 0.3) is 11.6 Å². The van der Waals surface area contributed by atoms with Crippen molar-refractivity contribution in [2.75, 3.05) is 11.9 Å². The number of anilines is 1. The molecule has 28 heavy (non-hydrogen) atoms. The number of halogens is 3. The van der Waals surface area contributed by atoms with Crippen LogP contribution in [0.5, 0.6) is 5.75 Å². The Hall–Kier alpha value is -2.60. The summed E-state index contributed by atoms with van der Waals surface area (Å²) < 4.78 is 6.23. The lowest BCUT2D eigenvalue weighted by molar-refractivity contribution is -0.384. The third kappa shape index (κ3) is 5.23. The first kappa shape index (κ1) is 21.7. The highest BCUT2D eigenvalue weighted by atomic mass is 79.9. The highest BCUT2D eigenvalue weighted by molar-refractivity contribution is 9.10. The average Bonchev–Trinajstić information content (AvgIpc) is 2.64. The van der Waals surface area contributed by atoms with E-state index in [0.29, 0.717) is 17.9 Å². The molecular formula is C18H12BrCl2N3O4. The fourth-order valence-electron chi connectivity index (χ4n) is 2.19. The number of nitrogens with zero attached hydrogens (tertiary/aromatic N) is 2. The topological polar surface area (TPSA) is 105 Å². The van der Waals surface area contributed by atoms with Crippen molar-refractivity contribution in [2.24, 2.45) is 0 Å². The smallest absolute Gasteiger partial charge is 0.272 e. The van der Waals surface area contributed by atoms with Crippen molar-refractivity contribution in [2.45, 2.75) is 6.92 Å². The SMILES string of the molecule is CCOc1ccc(Br)cc1/C=C(\C#N)C(=O)Nc1c(Cl)cc([N+](=O)[O-])cc1Cl. The third-order valence-corrected chi connectivity index (χ3v) is 4.50. The summed E-state index contributed by atoms with van der Waals surface area (Å²) in [6.07, 6.45) is 1.36. The summed E-state index contributed by atoms with van der Waals surface area (Å²) in [6, 6.07) is 9.09. The summed E-state index contributed by atoms with van der Waals surface area (Å²) in [5.41, 5.74) is -0.0627. The molecule has 2 aromatic rings. The van der Waals surface area contributed by atoms with E-state index in [-0.39, 0.29) is 27.0 Å². The van der Waals surface area contributed by atoms with E-state index in [1.807, 2.05) is 13.0 Å². The first-order valence-corrected chi connectivity index (χ1v) is 9.30. The van der Waals surface area contributed by atoms with Gasteiger partial charge in [-0.05, 0) is 31.2 Å². The lowest BCUT2D eigenvalue weighted by atomic mass is 10.1. The highest BCUT2D eigenvalue weighted by Gasteiger charge is 2.19. The molecule has 0 atom stereocenters. The Bertz CT molecular complexity index is 995. The summed E-state index contributed by atoms with van der Waals surface area (Å²) in [7, 11) is 0. The molecule has 0 aromatic heterocycles. The summed E-state index contributed by atoms with van der Waals surface area (Å²) >= 11 is 15.3. The van der Waals surface area contributed by atoms with Crippen LogP contribution in [0.25, 0.3) is 6.08 Å². The molecule has 0 heterocycles. The number of hydrogen-bond donors (Lipinski definition) is 1. The standard InChI is InChI=1S/C18H12BrCl2N3O4/c1-2-28-16-4-3-12(19)6-10(16)5-11(9-22)18(25)23-17-14(20)7-13(24(26)27)8-15(17)21/h3-8H,2H2,1H3,(H,23,25)/b11-5+. The van der Waals surface area contributed by atoms with Crippen LogP contribution in [-0.2, 0) is 4.79 Å². The van der Waals surface area contributed by atoms with Crippen LogP contribution in [0, 0.1) is 21.4 Å². The van der Waals surface area contributed by atoms with Gasteiger partial charge in [-0.1, -0.05) is 39.1 Å². The number of amides is 1.